The summed E-state index contributed by atoms with van der Waals surface area (Å²) in [5.74, 6) is 1.75. The number of rotatable bonds is 4. The first-order chi connectivity index (χ1) is 14.5. The Labute approximate surface area is 172 Å². The van der Waals surface area contributed by atoms with E-state index in [2.05, 4.69) is 31.5 Å². The molecule has 2 unspecified atom stereocenters. The van der Waals surface area contributed by atoms with Crippen molar-refractivity contribution in [3.8, 4) is 0 Å². The molecule has 0 amide bonds. The molecule has 2 atom stereocenters. The number of morpholine rings is 1. The summed E-state index contributed by atoms with van der Waals surface area (Å²) in [4.78, 5) is 13.2. The summed E-state index contributed by atoms with van der Waals surface area (Å²) in [6, 6.07) is 6.69. The standard InChI is InChI=1S/C20H23F3N6O/c21-20(22,23)13-1-2-17(25-10-13)26-18-8-14(28-5-3-24-4-6-28)9-19(27-18)29-11-16-7-15(29)12-30-16/h1-2,8-10,15-16,24H,3-7,11-12H2,(H,25,26,27). The third-order valence-electron chi connectivity index (χ3n) is 5.82. The van der Waals surface area contributed by atoms with Gasteiger partial charge in [-0.3, -0.25) is 0 Å². The lowest BCUT2D eigenvalue weighted by Crippen LogP contribution is -2.43. The minimum atomic E-state index is -4.41. The molecular weight excluding hydrogens is 397 g/mol. The number of alkyl halides is 3. The van der Waals surface area contributed by atoms with E-state index >= 15 is 0 Å². The van der Waals surface area contributed by atoms with Crippen molar-refractivity contribution in [1.82, 2.24) is 15.3 Å². The van der Waals surface area contributed by atoms with Gasteiger partial charge in [-0.15, -0.1) is 0 Å². The first-order valence-corrected chi connectivity index (χ1v) is 10.1. The molecule has 2 aromatic rings. The number of piperazine rings is 1. The molecule has 5 heterocycles. The SMILES string of the molecule is FC(F)(F)c1ccc(Nc2cc(N3CCNCC3)cc(N3CC4CC3CO4)n2)nc1. The van der Waals surface area contributed by atoms with Gasteiger partial charge in [0.25, 0.3) is 0 Å². The molecule has 0 radical (unpaired) electrons. The lowest BCUT2D eigenvalue weighted by molar-refractivity contribution is -0.137. The number of hydrogen-bond donors (Lipinski definition) is 2. The quantitative estimate of drug-likeness (QED) is 0.788. The van der Waals surface area contributed by atoms with Crippen LogP contribution < -0.4 is 20.4 Å². The summed E-state index contributed by atoms with van der Waals surface area (Å²) < 4.78 is 44.1. The summed E-state index contributed by atoms with van der Waals surface area (Å²) in [6.45, 7) is 5.09. The van der Waals surface area contributed by atoms with Crippen LogP contribution in [0.25, 0.3) is 0 Å². The highest BCUT2D eigenvalue weighted by Crippen LogP contribution is 2.35. The van der Waals surface area contributed by atoms with E-state index in [0.29, 0.717) is 24.3 Å². The van der Waals surface area contributed by atoms with Gasteiger partial charge in [0.05, 0.1) is 24.3 Å². The minimum Gasteiger partial charge on any atom is -0.374 e. The Morgan fingerprint density at radius 3 is 2.60 bits per heavy atom. The van der Waals surface area contributed by atoms with Gasteiger partial charge in [-0.1, -0.05) is 0 Å². The van der Waals surface area contributed by atoms with Crippen molar-refractivity contribution in [3.63, 3.8) is 0 Å². The van der Waals surface area contributed by atoms with E-state index in [0.717, 1.165) is 62.9 Å². The second-order valence-electron chi connectivity index (χ2n) is 7.86. The third kappa shape index (κ3) is 3.89. The van der Waals surface area contributed by atoms with Crippen molar-refractivity contribution in [2.24, 2.45) is 0 Å². The Morgan fingerprint density at radius 1 is 1.13 bits per heavy atom. The highest BCUT2D eigenvalue weighted by atomic mass is 19.4. The van der Waals surface area contributed by atoms with E-state index in [1.54, 1.807) is 0 Å². The molecule has 30 heavy (non-hydrogen) atoms. The number of anilines is 4. The number of hydrogen-bond acceptors (Lipinski definition) is 7. The molecule has 3 aliphatic rings. The van der Waals surface area contributed by atoms with E-state index < -0.39 is 11.7 Å². The maximum absolute atomic E-state index is 12.8. The molecule has 5 rings (SSSR count). The summed E-state index contributed by atoms with van der Waals surface area (Å²) in [5.41, 5.74) is 0.268. The Morgan fingerprint density at radius 2 is 1.97 bits per heavy atom. The molecule has 3 fully saturated rings. The van der Waals surface area contributed by atoms with E-state index in [4.69, 9.17) is 9.72 Å². The predicted molar refractivity (Wildman–Crippen MR) is 107 cm³/mol. The maximum Gasteiger partial charge on any atom is 0.417 e. The smallest absolute Gasteiger partial charge is 0.374 e. The zero-order chi connectivity index (χ0) is 20.7. The number of ether oxygens (including phenoxy) is 1. The van der Waals surface area contributed by atoms with Gasteiger partial charge in [-0.25, -0.2) is 9.97 Å². The predicted octanol–water partition coefficient (Wildman–Crippen LogP) is 2.63. The Kier molecular flexibility index (Phi) is 4.90. The van der Waals surface area contributed by atoms with Crippen molar-refractivity contribution in [1.29, 1.82) is 0 Å². The zero-order valence-corrected chi connectivity index (χ0v) is 16.3. The molecule has 2 N–H and O–H groups in total. The lowest BCUT2D eigenvalue weighted by Gasteiger charge is -2.32. The molecule has 0 spiro atoms. The first kappa shape index (κ1) is 19.4. The summed E-state index contributed by atoms with van der Waals surface area (Å²) in [7, 11) is 0. The fourth-order valence-electron chi connectivity index (χ4n) is 4.27. The van der Waals surface area contributed by atoms with Crippen LogP contribution in [0.1, 0.15) is 12.0 Å². The van der Waals surface area contributed by atoms with E-state index in [-0.39, 0.29) is 6.10 Å². The van der Waals surface area contributed by atoms with Crippen LogP contribution in [0.4, 0.5) is 36.3 Å². The second-order valence-corrected chi connectivity index (χ2v) is 7.86. The van der Waals surface area contributed by atoms with E-state index in [1.807, 2.05) is 6.07 Å². The molecule has 0 aromatic carbocycles. The lowest BCUT2D eigenvalue weighted by atomic mass is 10.2. The van der Waals surface area contributed by atoms with Crippen molar-refractivity contribution < 1.29 is 17.9 Å². The van der Waals surface area contributed by atoms with Crippen LogP contribution >= 0.6 is 0 Å². The van der Waals surface area contributed by atoms with Crippen molar-refractivity contribution >= 4 is 23.1 Å². The second kappa shape index (κ2) is 7.59. The number of nitrogens with one attached hydrogen (secondary N) is 2. The van der Waals surface area contributed by atoms with Crippen molar-refractivity contribution in [3.05, 3.63) is 36.0 Å². The van der Waals surface area contributed by atoms with Crippen LogP contribution in [0, 0.1) is 0 Å². The Hall–Kier alpha value is -2.59. The van der Waals surface area contributed by atoms with Crippen LogP contribution in [0.5, 0.6) is 0 Å². The van der Waals surface area contributed by atoms with E-state index in [9.17, 15) is 13.2 Å². The van der Waals surface area contributed by atoms with Gasteiger partial charge in [0.2, 0.25) is 0 Å². The Balaban J connectivity index is 1.43. The zero-order valence-electron chi connectivity index (χ0n) is 16.3. The van der Waals surface area contributed by atoms with E-state index in [1.165, 1.54) is 6.07 Å². The topological polar surface area (TPSA) is 65.5 Å². The van der Waals surface area contributed by atoms with Crippen LogP contribution in [-0.4, -0.2) is 61.4 Å². The van der Waals surface area contributed by atoms with Gasteiger partial charge in [0.15, 0.2) is 0 Å². The van der Waals surface area contributed by atoms with Gasteiger partial charge in [-0.05, 0) is 18.6 Å². The number of aromatic nitrogens is 2. The number of nitrogens with zero attached hydrogens (tertiary/aromatic N) is 4. The Bertz CT molecular complexity index is 900. The molecule has 7 nitrogen and oxygen atoms in total. The van der Waals surface area contributed by atoms with Gasteiger partial charge < -0.3 is 25.2 Å². The molecule has 10 heteroatoms. The molecule has 160 valence electrons. The van der Waals surface area contributed by atoms with Crippen LogP contribution in [0.3, 0.4) is 0 Å². The number of pyridine rings is 2. The van der Waals surface area contributed by atoms with Crippen LogP contribution in [0.15, 0.2) is 30.5 Å². The molecule has 0 aliphatic carbocycles. The van der Waals surface area contributed by atoms with Crippen molar-refractivity contribution in [2.75, 3.05) is 54.4 Å². The summed E-state index contributed by atoms with van der Waals surface area (Å²) in [6.07, 6.45) is -2.33. The third-order valence-corrected chi connectivity index (χ3v) is 5.82. The highest BCUT2D eigenvalue weighted by molar-refractivity contribution is 5.66. The molecule has 2 bridgehead atoms. The average Bonchev–Trinajstić information content (AvgIpc) is 3.38. The first-order valence-electron chi connectivity index (χ1n) is 10.1. The van der Waals surface area contributed by atoms with Gasteiger partial charge >= 0.3 is 6.18 Å². The van der Waals surface area contributed by atoms with Gasteiger partial charge in [0.1, 0.15) is 17.5 Å². The fraction of sp³-hybridized carbons (Fsp3) is 0.500. The van der Waals surface area contributed by atoms with Gasteiger partial charge in [0, 0.05) is 56.7 Å². The molecule has 3 saturated heterocycles. The number of halogens is 3. The van der Waals surface area contributed by atoms with Crippen LogP contribution in [0.2, 0.25) is 0 Å². The molecule has 2 aromatic heterocycles. The molecular formula is C20H23F3N6O. The highest BCUT2D eigenvalue weighted by Gasteiger charge is 2.40. The largest absolute Gasteiger partial charge is 0.417 e. The number of fused-ring (bicyclic) bond motifs is 2. The summed E-state index contributed by atoms with van der Waals surface area (Å²) >= 11 is 0. The summed E-state index contributed by atoms with van der Waals surface area (Å²) in [5, 5.41) is 6.43. The maximum atomic E-state index is 12.8. The van der Waals surface area contributed by atoms with Crippen molar-refractivity contribution in [2.45, 2.75) is 24.7 Å². The monoisotopic (exact) mass is 420 g/mol. The van der Waals surface area contributed by atoms with Crippen LogP contribution in [-0.2, 0) is 10.9 Å². The fourth-order valence-corrected chi connectivity index (χ4v) is 4.27. The molecule has 0 saturated carbocycles. The molecule has 3 aliphatic heterocycles. The normalized spacial score (nSPS) is 23.8. The van der Waals surface area contributed by atoms with Gasteiger partial charge in [-0.2, -0.15) is 13.2 Å². The average molecular weight is 420 g/mol. The minimum absolute atomic E-state index is 0.243.